The van der Waals surface area contributed by atoms with Crippen LogP contribution in [0, 0.1) is 0 Å². The highest BCUT2D eigenvalue weighted by Gasteiger charge is 2.21. The molecule has 0 unspecified atom stereocenters. The van der Waals surface area contributed by atoms with Gasteiger partial charge in [-0.2, -0.15) is 0 Å². The summed E-state index contributed by atoms with van der Waals surface area (Å²) in [5.41, 5.74) is 0.639. The van der Waals surface area contributed by atoms with Crippen molar-refractivity contribution in [1.29, 1.82) is 0 Å². The summed E-state index contributed by atoms with van der Waals surface area (Å²) in [6.45, 7) is 4.04. The second-order valence-corrected chi connectivity index (χ2v) is 3.83. The Morgan fingerprint density at radius 2 is 2.18 bits per heavy atom. The SMILES string of the molecule is CCCOCCOc1ccc2c(c1)OCC2=O. The second-order valence-electron chi connectivity index (χ2n) is 3.83. The van der Waals surface area contributed by atoms with E-state index in [1.165, 1.54) is 0 Å². The van der Waals surface area contributed by atoms with Gasteiger partial charge in [0.05, 0.1) is 12.2 Å². The van der Waals surface area contributed by atoms with E-state index in [2.05, 4.69) is 6.92 Å². The Morgan fingerprint density at radius 1 is 1.29 bits per heavy atom. The highest BCUT2D eigenvalue weighted by molar-refractivity contribution is 6.02. The molecule has 0 aliphatic carbocycles. The number of ether oxygens (including phenoxy) is 3. The Labute approximate surface area is 100 Å². The van der Waals surface area contributed by atoms with Crippen molar-refractivity contribution in [3.63, 3.8) is 0 Å². The van der Waals surface area contributed by atoms with Crippen molar-refractivity contribution in [3.8, 4) is 11.5 Å². The molecule has 0 N–H and O–H groups in total. The number of Topliss-reactive ketones (excluding diaryl/α,β-unsaturated/α-hetero) is 1. The number of carbonyl (C=O) groups is 1. The van der Waals surface area contributed by atoms with E-state index in [1.807, 2.05) is 0 Å². The van der Waals surface area contributed by atoms with Gasteiger partial charge in [-0.05, 0) is 18.6 Å². The summed E-state index contributed by atoms with van der Waals surface area (Å²) in [5.74, 6) is 1.35. The smallest absolute Gasteiger partial charge is 0.203 e. The quantitative estimate of drug-likeness (QED) is 0.709. The molecule has 4 heteroatoms. The lowest BCUT2D eigenvalue weighted by molar-refractivity contribution is 0.0961. The molecule has 1 aliphatic rings. The van der Waals surface area contributed by atoms with Crippen LogP contribution in [0.15, 0.2) is 18.2 Å². The van der Waals surface area contributed by atoms with E-state index in [9.17, 15) is 4.79 Å². The van der Waals surface area contributed by atoms with Crippen molar-refractivity contribution in [2.75, 3.05) is 26.4 Å². The largest absolute Gasteiger partial charge is 0.491 e. The lowest BCUT2D eigenvalue weighted by atomic mass is 10.1. The maximum atomic E-state index is 11.3. The van der Waals surface area contributed by atoms with Crippen LogP contribution in [0.5, 0.6) is 11.5 Å². The molecule has 1 aliphatic heterocycles. The van der Waals surface area contributed by atoms with Crippen LogP contribution >= 0.6 is 0 Å². The molecular weight excluding hydrogens is 220 g/mol. The average molecular weight is 236 g/mol. The number of benzene rings is 1. The Hall–Kier alpha value is -1.55. The standard InChI is InChI=1S/C13H16O4/c1-2-5-15-6-7-16-10-3-4-11-12(14)9-17-13(11)8-10/h3-4,8H,2,5-7,9H2,1H3. The van der Waals surface area contributed by atoms with E-state index in [1.54, 1.807) is 18.2 Å². The third kappa shape index (κ3) is 2.97. The molecule has 0 radical (unpaired) electrons. The predicted octanol–water partition coefficient (Wildman–Crippen LogP) is 2.07. The first-order valence-corrected chi connectivity index (χ1v) is 5.82. The summed E-state index contributed by atoms with van der Waals surface area (Å²) >= 11 is 0. The molecule has 0 bridgehead atoms. The van der Waals surface area contributed by atoms with E-state index in [-0.39, 0.29) is 12.4 Å². The average Bonchev–Trinajstić information content (AvgIpc) is 2.71. The molecule has 0 saturated carbocycles. The minimum atomic E-state index is 0.0258. The first-order chi connectivity index (χ1) is 8.31. The maximum absolute atomic E-state index is 11.3. The lowest BCUT2D eigenvalue weighted by Crippen LogP contribution is -2.07. The molecule has 0 fully saturated rings. The molecule has 1 heterocycles. The van der Waals surface area contributed by atoms with Gasteiger partial charge in [-0.3, -0.25) is 4.79 Å². The van der Waals surface area contributed by atoms with Gasteiger partial charge >= 0.3 is 0 Å². The summed E-state index contributed by atoms with van der Waals surface area (Å²) in [6, 6.07) is 5.28. The van der Waals surface area contributed by atoms with E-state index in [4.69, 9.17) is 14.2 Å². The first kappa shape index (κ1) is 11.9. The fraction of sp³-hybridized carbons (Fsp3) is 0.462. The number of rotatable bonds is 6. The van der Waals surface area contributed by atoms with Crippen molar-refractivity contribution in [2.24, 2.45) is 0 Å². The summed E-state index contributed by atoms with van der Waals surface area (Å²) in [6.07, 6.45) is 1.01. The van der Waals surface area contributed by atoms with Crippen molar-refractivity contribution in [2.45, 2.75) is 13.3 Å². The monoisotopic (exact) mass is 236 g/mol. The molecule has 1 aromatic carbocycles. The fourth-order valence-corrected chi connectivity index (χ4v) is 1.63. The van der Waals surface area contributed by atoms with Gasteiger partial charge in [-0.25, -0.2) is 0 Å². The van der Waals surface area contributed by atoms with Crippen LogP contribution in [0.25, 0.3) is 0 Å². The van der Waals surface area contributed by atoms with Gasteiger partial charge in [-0.1, -0.05) is 6.92 Å². The highest BCUT2D eigenvalue weighted by Crippen LogP contribution is 2.29. The van der Waals surface area contributed by atoms with Crippen molar-refractivity contribution in [3.05, 3.63) is 23.8 Å². The van der Waals surface area contributed by atoms with Gasteiger partial charge in [0.25, 0.3) is 0 Å². The Morgan fingerprint density at radius 3 is 3.00 bits per heavy atom. The summed E-state index contributed by atoms with van der Waals surface area (Å²) in [7, 11) is 0. The molecule has 0 saturated heterocycles. The third-order valence-electron chi connectivity index (χ3n) is 2.46. The number of carbonyl (C=O) groups excluding carboxylic acids is 1. The van der Waals surface area contributed by atoms with Crippen LogP contribution in [0.2, 0.25) is 0 Å². The van der Waals surface area contributed by atoms with Crippen LogP contribution in [-0.4, -0.2) is 32.2 Å². The van der Waals surface area contributed by atoms with Gasteiger partial charge < -0.3 is 14.2 Å². The fourth-order valence-electron chi connectivity index (χ4n) is 1.63. The number of hydrogen-bond donors (Lipinski definition) is 0. The molecule has 92 valence electrons. The Kier molecular flexibility index (Phi) is 3.98. The molecule has 17 heavy (non-hydrogen) atoms. The molecular formula is C13H16O4. The van der Waals surface area contributed by atoms with Crippen LogP contribution < -0.4 is 9.47 Å². The minimum absolute atomic E-state index is 0.0258. The topological polar surface area (TPSA) is 44.8 Å². The molecule has 1 aromatic rings. The van der Waals surface area contributed by atoms with Gasteiger partial charge in [0.2, 0.25) is 5.78 Å². The first-order valence-electron chi connectivity index (χ1n) is 5.82. The molecule has 0 amide bonds. The van der Waals surface area contributed by atoms with Crippen molar-refractivity contribution in [1.82, 2.24) is 0 Å². The van der Waals surface area contributed by atoms with Crippen LogP contribution in [0.4, 0.5) is 0 Å². The Balaban J connectivity index is 1.84. The van der Waals surface area contributed by atoms with Crippen LogP contribution in [0.1, 0.15) is 23.7 Å². The zero-order valence-corrected chi connectivity index (χ0v) is 9.90. The second kappa shape index (κ2) is 5.68. The van der Waals surface area contributed by atoms with Gasteiger partial charge in [0.1, 0.15) is 18.1 Å². The molecule has 0 atom stereocenters. The van der Waals surface area contributed by atoms with Gasteiger partial charge in [-0.15, -0.1) is 0 Å². The van der Waals surface area contributed by atoms with E-state index in [0.717, 1.165) is 13.0 Å². The van der Waals surface area contributed by atoms with E-state index >= 15 is 0 Å². The Bertz CT molecular complexity index is 400. The van der Waals surface area contributed by atoms with Crippen LogP contribution in [-0.2, 0) is 4.74 Å². The molecule has 2 rings (SSSR count). The lowest BCUT2D eigenvalue weighted by Gasteiger charge is -2.07. The number of hydrogen-bond acceptors (Lipinski definition) is 4. The van der Waals surface area contributed by atoms with E-state index in [0.29, 0.717) is 30.3 Å². The zero-order chi connectivity index (χ0) is 12.1. The van der Waals surface area contributed by atoms with E-state index < -0.39 is 0 Å². The minimum Gasteiger partial charge on any atom is -0.491 e. The summed E-state index contributed by atoms with van der Waals surface area (Å²) in [4.78, 5) is 11.3. The zero-order valence-electron chi connectivity index (χ0n) is 9.90. The van der Waals surface area contributed by atoms with Crippen molar-refractivity contribution < 1.29 is 19.0 Å². The van der Waals surface area contributed by atoms with Crippen molar-refractivity contribution >= 4 is 5.78 Å². The number of fused-ring (bicyclic) bond motifs is 1. The normalized spacial score (nSPS) is 13.4. The maximum Gasteiger partial charge on any atom is 0.203 e. The summed E-state index contributed by atoms with van der Waals surface area (Å²) < 4.78 is 16.0. The molecule has 0 aromatic heterocycles. The predicted molar refractivity (Wildman–Crippen MR) is 62.9 cm³/mol. The third-order valence-corrected chi connectivity index (χ3v) is 2.46. The van der Waals surface area contributed by atoms with Gasteiger partial charge in [0.15, 0.2) is 6.61 Å². The van der Waals surface area contributed by atoms with Gasteiger partial charge in [0, 0.05) is 12.7 Å². The van der Waals surface area contributed by atoms with Crippen LogP contribution in [0.3, 0.4) is 0 Å². The molecule has 4 nitrogen and oxygen atoms in total. The highest BCUT2D eigenvalue weighted by atomic mass is 16.5. The summed E-state index contributed by atoms with van der Waals surface area (Å²) in [5, 5.41) is 0. The molecule has 0 spiro atoms. The number of ketones is 1.